The number of unbranched alkanes of at least 4 members (excludes halogenated alkanes) is 1. The van der Waals surface area contributed by atoms with Gasteiger partial charge < -0.3 is 9.47 Å². The molecule has 0 bridgehead atoms. The molecule has 0 aromatic heterocycles. The highest BCUT2D eigenvalue weighted by Crippen LogP contribution is 2.19. The first-order chi connectivity index (χ1) is 8.19. The summed E-state index contributed by atoms with van der Waals surface area (Å²) in [5.74, 6) is -1.10. The predicted molar refractivity (Wildman–Crippen MR) is 58.1 cm³/mol. The topological polar surface area (TPSA) is 59.3 Å². The summed E-state index contributed by atoms with van der Waals surface area (Å²) in [5.41, 5.74) is 0.226. The summed E-state index contributed by atoms with van der Waals surface area (Å²) in [6.07, 6.45) is 0.858. The number of rotatable bonds is 5. The summed E-state index contributed by atoms with van der Waals surface area (Å²) in [4.78, 5) is 11.2. The maximum atomic E-state index is 13.3. The molecule has 0 aliphatic carbocycles. The summed E-state index contributed by atoms with van der Waals surface area (Å²) in [7, 11) is 1.25. The molecule has 0 unspecified atom stereocenters. The zero-order chi connectivity index (χ0) is 12.7. The highest BCUT2D eigenvalue weighted by Gasteiger charge is 2.10. The molecule has 0 radical (unpaired) electrons. The average Bonchev–Trinajstić information content (AvgIpc) is 2.35. The van der Waals surface area contributed by atoms with Gasteiger partial charge in [0.2, 0.25) is 0 Å². The van der Waals surface area contributed by atoms with Gasteiger partial charge in [-0.15, -0.1) is 0 Å². The van der Waals surface area contributed by atoms with Crippen molar-refractivity contribution in [1.82, 2.24) is 0 Å². The smallest absolute Gasteiger partial charge is 0.337 e. The number of nitriles is 1. The molecule has 0 saturated heterocycles. The lowest BCUT2D eigenvalue weighted by molar-refractivity contribution is 0.0600. The Kier molecular flexibility index (Phi) is 4.95. The number of nitrogens with zero attached hydrogens (tertiary/aromatic N) is 1. The van der Waals surface area contributed by atoms with E-state index in [1.54, 1.807) is 0 Å². The summed E-state index contributed by atoms with van der Waals surface area (Å²) < 4.78 is 23.0. The van der Waals surface area contributed by atoms with Gasteiger partial charge in [-0.1, -0.05) is 0 Å². The molecule has 17 heavy (non-hydrogen) atoms. The van der Waals surface area contributed by atoms with E-state index in [4.69, 9.17) is 10.00 Å². The van der Waals surface area contributed by atoms with Crippen LogP contribution in [0.5, 0.6) is 5.75 Å². The molecule has 1 aromatic carbocycles. The monoisotopic (exact) mass is 237 g/mol. The normalized spacial score (nSPS) is 9.47. The van der Waals surface area contributed by atoms with Crippen molar-refractivity contribution in [3.05, 3.63) is 29.6 Å². The maximum Gasteiger partial charge on any atom is 0.337 e. The van der Waals surface area contributed by atoms with Crippen molar-refractivity contribution in [2.75, 3.05) is 13.7 Å². The van der Waals surface area contributed by atoms with Crippen molar-refractivity contribution in [3.63, 3.8) is 0 Å². The van der Waals surface area contributed by atoms with E-state index in [1.807, 2.05) is 6.07 Å². The minimum atomic E-state index is -0.549. The van der Waals surface area contributed by atoms with Crippen LogP contribution in [0.4, 0.5) is 4.39 Å². The number of benzene rings is 1. The number of hydrogen-bond acceptors (Lipinski definition) is 4. The number of esters is 1. The van der Waals surface area contributed by atoms with Gasteiger partial charge in [0.25, 0.3) is 0 Å². The fraction of sp³-hybridized carbons (Fsp3) is 0.333. The Morgan fingerprint density at radius 3 is 2.94 bits per heavy atom. The number of carbonyl (C=O) groups excluding carboxylic acids is 1. The SMILES string of the molecule is COC(=O)c1ccc(F)c(OCCCC#N)c1. The number of halogens is 1. The van der Waals surface area contributed by atoms with Gasteiger partial charge >= 0.3 is 5.97 Å². The molecule has 0 saturated carbocycles. The van der Waals surface area contributed by atoms with Crippen LogP contribution < -0.4 is 4.74 Å². The van der Waals surface area contributed by atoms with E-state index in [-0.39, 0.29) is 17.9 Å². The standard InChI is InChI=1S/C12H12FNO3/c1-16-12(15)9-4-5-10(13)11(8-9)17-7-3-2-6-14/h4-5,8H,2-3,7H2,1H3. The molecular formula is C12H12FNO3. The van der Waals surface area contributed by atoms with Crippen LogP contribution in [0.15, 0.2) is 18.2 Å². The maximum absolute atomic E-state index is 13.3. The molecule has 0 aliphatic heterocycles. The second kappa shape index (κ2) is 6.48. The molecule has 0 heterocycles. The van der Waals surface area contributed by atoms with E-state index in [9.17, 15) is 9.18 Å². The fourth-order valence-electron chi connectivity index (χ4n) is 1.19. The molecule has 5 heteroatoms. The molecule has 90 valence electrons. The summed E-state index contributed by atoms with van der Waals surface area (Å²) in [6.45, 7) is 0.231. The largest absolute Gasteiger partial charge is 0.490 e. The van der Waals surface area contributed by atoms with Crippen molar-refractivity contribution in [2.24, 2.45) is 0 Å². The molecular weight excluding hydrogens is 225 g/mol. The number of methoxy groups -OCH3 is 1. The third-order valence-corrected chi connectivity index (χ3v) is 2.04. The van der Waals surface area contributed by atoms with Gasteiger partial charge in [-0.2, -0.15) is 5.26 Å². The Morgan fingerprint density at radius 2 is 2.29 bits per heavy atom. The average molecular weight is 237 g/mol. The van der Waals surface area contributed by atoms with Crippen LogP contribution >= 0.6 is 0 Å². The zero-order valence-electron chi connectivity index (χ0n) is 9.40. The van der Waals surface area contributed by atoms with Gasteiger partial charge in [-0.3, -0.25) is 0 Å². The van der Waals surface area contributed by atoms with Gasteiger partial charge in [-0.05, 0) is 24.6 Å². The number of carbonyl (C=O) groups is 1. The lowest BCUT2D eigenvalue weighted by Gasteiger charge is -2.07. The zero-order valence-corrected chi connectivity index (χ0v) is 9.40. The Bertz CT molecular complexity index is 440. The molecule has 4 nitrogen and oxygen atoms in total. The summed E-state index contributed by atoms with van der Waals surface area (Å²) >= 11 is 0. The van der Waals surface area contributed by atoms with E-state index in [0.717, 1.165) is 6.07 Å². The van der Waals surface area contributed by atoms with Gasteiger partial charge in [0, 0.05) is 6.42 Å². The summed E-state index contributed by atoms with van der Waals surface area (Å²) in [6, 6.07) is 5.71. The van der Waals surface area contributed by atoms with Crippen LogP contribution in [0.25, 0.3) is 0 Å². The lowest BCUT2D eigenvalue weighted by atomic mass is 10.2. The molecule has 0 atom stereocenters. The van der Waals surface area contributed by atoms with Gasteiger partial charge in [-0.25, -0.2) is 9.18 Å². The molecule has 0 fully saturated rings. The van der Waals surface area contributed by atoms with Crippen LogP contribution in [-0.2, 0) is 4.74 Å². The second-order valence-corrected chi connectivity index (χ2v) is 3.25. The van der Waals surface area contributed by atoms with Crippen LogP contribution in [0.2, 0.25) is 0 Å². The third kappa shape index (κ3) is 3.76. The molecule has 0 spiro atoms. The molecule has 1 rings (SSSR count). The van der Waals surface area contributed by atoms with Gasteiger partial charge in [0.15, 0.2) is 11.6 Å². The third-order valence-electron chi connectivity index (χ3n) is 2.04. The molecule has 0 aliphatic rings. The molecule has 0 N–H and O–H groups in total. The highest BCUT2D eigenvalue weighted by atomic mass is 19.1. The van der Waals surface area contributed by atoms with Crippen LogP contribution in [0.3, 0.4) is 0 Å². The van der Waals surface area contributed by atoms with Crippen molar-refractivity contribution in [3.8, 4) is 11.8 Å². The van der Waals surface area contributed by atoms with Crippen LogP contribution in [0, 0.1) is 17.1 Å². The van der Waals surface area contributed by atoms with Crippen molar-refractivity contribution in [1.29, 1.82) is 5.26 Å². The van der Waals surface area contributed by atoms with Crippen molar-refractivity contribution >= 4 is 5.97 Å². The van der Waals surface area contributed by atoms with Gasteiger partial charge in [0.05, 0.1) is 25.3 Å². The van der Waals surface area contributed by atoms with Gasteiger partial charge in [0.1, 0.15) is 0 Å². The van der Waals surface area contributed by atoms with Crippen LogP contribution in [-0.4, -0.2) is 19.7 Å². The van der Waals surface area contributed by atoms with E-state index >= 15 is 0 Å². The Morgan fingerprint density at radius 1 is 1.53 bits per heavy atom. The number of hydrogen-bond donors (Lipinski definition) is 0. The minimum Gasteiger partial charge on any atom is -0.490 e. The second-order valence-electron chi connectivity index (χ2n) is 3.25. The Balaban J connectivity index is 2.70. The first kappa shape index (κ1) is 13.0. The Hall–Kier alpha value is -2.09. The highest BCUT2D eigenvalue weighted by molar-refractivity contribution is 5.89. The van der Waals surface area contributed by atoms with E-state index in [1.165, 1.54) is 19.2 Å². The minimum absolute atomic E-state index is 0.00848. The fourth-order valence-corrected chi connectivity index (χ4v) is 1.19. The van der Waals surface area contributed by atoms with E-state index < -0.39 is 11.8 Å². The predicted octanol–water partition coefficient (Wildman–Crippen LogP) is 2.29. The summed E-state index contributed by atoms with van der Waals surface area (Å²) in [5, 5.41) is 8.33. The van der Waals surface area contributed by atoms with Crippen molar-refractivity contribution in [2.45, 2.75) is 12.8 Å². The Labute approximate surface area is 98.6 Å². The van der Waals surface area contributed by atoms with Crippen molar-refractivity contribution < 1.29 is 18.7 Å². The van der Waals surface area contributed by atoms with Crippen LogP contribution in [0.1, 0.15) is 23.2 Å². The molecule has 0 amide bonds. The first-order valence-electron chi connectivity index (χ1n) is 5.06. The molecule has 1 aromatic rings. The lowest BCUT2D eigenvalue weighted by Crippen LogP contribution is -2.04. The first-order valence-corrected chi connectivity index (χ1v) is 5.06. The quantitative estimate of drug-likeness (QED) is 0.582. The van der Waals surface area contributed by atoms with E-state index in [2.05, 4.69) is 4.74 Å². The van der Waals surface area contributed by atoms with E-state index in [0.29, 0.717) is 12.8 Å². The number of ether oxygens (including phenoxy) is 2.